The third kappa shape index (κ3) is 4.29. The van der Waals surface area contributed by atoms with Crippen molar-refractivity contribution in [3.05, 3.63) is 58.9 Å². The van der Waals surface area contributed by atoms with Gasteiger partial charge in [0.25, 0.3) is 5.91 Å². The number of rotatable bonds is 4. The first-order chi connectivity index (χ1) is 10.9. The molecular formula is C17H16FNO4. The molecule has 2 N–H and O–H groups in total. The van der Waals surface area contributed by atoms with Gasteiger partial charge < -0.3 is 15.2 Å². The van der Waals surface area contributed by atoms with Crippen LogP contribution in [-0.2, 0) is 9.53 Å². The fourth-order valence-corrected chi connectivity index (χ4v) is 1.93. The van der Waals surface area contributed by atoms with E-state index >= 15 is 0 Å². The first kappa shape index (κ1) is 16.5. The second-order valence-electron chi connectivity index (χ2n) is 5.13. The lowest BCUT2D eigenvalue weighted by atomic mass is 10.1. The molecule has 23 heavy (non-hydrogen) atoms. The second-order valence-corrected chi connectivity index (χ2v) is 5.13. The number of carbonyl (C=O) groups is 2. The minimum atomic E-state index is -0.831. The number of esters is 1. The van der Waals surface area contributed by atoms with Gasteiger partial charge in [0.15, 0.2) is 6.61 Å². The third-order valence-electron chi connectivity index (χ3n) is 3.11. The Labute approximate surface area is 132 Å². The van der Waals surface area contributed by atoms with Crippen LogP contribution in [0.25, 0.3) is 0 Å². The first-order valence-corrected chi connectivity index (χ1v) is 6.89. The Balaban J connectivity index is 1.94. The maximum atomic E-state index is 13.6. The van der Waals surface area contributed by atoms with Gasteiger partial charge >= 0.3 is 5.97 Å². The van der Waals surface area contributed by atoms with E-state index in [1.165, 1.54) is 24.3 Å². The fourth-order valence-electron chi connectivity index (χ4n) is 1.93. The Morgan fingerprint density at radius 3 is 2.43 bits per heavy atom. The summed E-state index contributed by atoms with van der Waals surface area (Å²) in [5, 5.41) is 12.0. The van der Waals surface area contributed by atoms with Crippen molar-refractivity contribution in [1.82, 2.24) is 0 Å². The third-order valence-corrected chi connectivity index (χ3v) is 3.11. The Kier molecular flexibility index (Phi) is 4.95. The number of aromatic hydroxyl groups is 1. The molecule has 120 valence electrons. The Bertz CT molecular complexity index is 758. The summed E-state index contributed by atoms with van der Waals surface area (Å²) in [6.45, 7) is 2.91. The fraction of sp³-hybridized carbons (Fsp3) is 0.176. The highest BCUT2D eigenvalue weighted by Crippen LogP contribution is 2.19. The molecule has 2 rings (SSSR count). The van der Waals surface area contributed by atoms with Crippen molar-refractivity contribution < 1.29 is 23.8 Å². The zero-order chi connectivity index (χ0) is 17.0. The van der Waals surface area contributed by atoms with Crippen LogP contribution in [0, 0.1) is 19.7 Å². The number of hydrogen-bond acceptors (Lipinski definition) is 4. The zero-order valence-corrected chi connectivity index (χ0v) is 12.7. The zero-order valence-electron chi connectivity index (χ0n) is 12.7. The number of ether oxygens (including phenoxy) is 1. The average Bonchev–Trinajstić information content (AvgIpc) is 2.48. The smallest absolute Gasteiger partial charge is 0.342 e. The van der Waals surface area contributed by atoms with Gasteiger partial charge in [0.2, 0.25) is 0 Å². The first-order valence-electron chi connectivity index (χ1n) is 6.89. The summed E-state index contributed by atoms with van der Waals surface area (Å²) in [6, 6.07) is 8.82. The molecule has 6 heteroatoms. The number of halogens is 1. The molecule has 0 saturated heterocycles. The van der Waals surface area contributed by atoms with Gasteiger partial charge in [-0.15, -0.1) is 0 Å². The molecule has 2 aromatic carbocycles. The Hall–Kier alpha value is -2.89. The van der Waals surface area contributed by atoms with Gasteiger partial charge in [-0.2, -0.15) is 0 Å². The Morgan fingerprint density at radius 1 is 1.13 bits per heavy atom. The normalized spacial score (nSPS) is 10.2. The number of benzene rings is 2. The number of phenolic OH excluding ortho intramolecular Hbond substituents is 1. The highest BCUT2D eigenvalue weighted by molar-refractivity contribution is 5.96. The van der Waals surface area contributed by atoms with Crippen molar-refractivity contribution in [3.8, 4) is 5.75 Å². The summed E-state index contributed by atoms with van der Waals surface area (Å²) < 4.78 is 18.4. The van der Waals surface area contributed by atoms with Crippen LogP contribution in [-0.4, -0.2) is 23.6 Å². The summed E-state index contributed by atoms with van der Waals surface area (Å²) in [7, 11) is 0. The molecule has 0 unspecified atom stereocenters. The molecule has 5 nitrogen and oxygen atoms in total. The summed E-state index contributed by atoms with van der Waals surface area (Å²) >= 11 is 0. The van der Waals surface area contributed by atoms with Crippen LogP contribution >= 0.6 is 0 Å². The number of amides is 1. The van der Waals surface area contributed by atoms with E-state index in [-0.39, 0.29) is 17.0 Å². The standard InChI is InChI=1S/C17H16FNO4/c1-10-4-6-14(13(18)7-10)19-16(21)9-23-17(22)12-5-3-11(2)8-15(12)20/h3-8,20H,9H2,1-2H3,(H,19,21). The summed E-state index contributed by atoms with van der Waals surface area (Å²) in [5.41, 5.74) is 1.48. The number of hydrogen-bond donors (Lipinski definition) is 2. The predicted octanol–water partition coefficient (Wildman–Crippen LogP) is 2.94. The van der Waals surface area contributed by atoms with Gasteiger partial charge in [-0.25, -0.2) is 9.18 Å². The van der Waals surface area contributed by atoms with Crippen LogP contribution < -0.4 is 5.32 Å². The largest absolute Gasteiger partial charge is 0.507 e. The monoisotopic (exact) mass is 317 g/mol. The predicted molar refractivity (Wildman–Crippen MR) is 82.9 cm³/mol. The van der Waals surface area contributed by atoms with Gasteiger partial charge in [-0.05, 0) is 49.2 Å². The summed E-state index contributed by atoms with van der Waals surface area (Å²) in [5.74, 6) is -2.30. The highest BCUT2D eigenvalue weighted by Gasteiger charge is 2.15. The van der Waals surface area contributed by atoms with E-state index in [1.807, 2.05) is 0 Å². The van der Waals surface area contributed by atoms with Crippen molar-refractivity contribution in [2.24, 2.45) is 0 Å². The van der Waals surface area contributed by atoms with Crippen molar-refractivity contribution >= 4 is 17.6 Å². The van der Waals surface area contributed by atoms with Crippen LogP contribution in [0.3, 0.4) is 0 Å². The van der Waals surface area contributed by atoms with Crippen molar-refractivity contribution in [2.45, 2.75) is 13.8 Å². The Morgan fingerprint density at radius 2 is 1.78 bits per heavy atom. The topological polar surface area (TPSA) is 75.6 Å². The molecule has 0 atom stereocenters. The molecule has 1 amide bonds. The molecule has 0 aromatic heterocycles. The molecule has 0 spiro atoms. The lowest BCUT2D eigenvalue weighted by Crippen LogP contribution is -2.21. The van der Waals surface area contributed by atoms with Gasteiger partial charge in [0.1, 0.15) is 17.1 Å². The van der Waals surface area contributed by atoms with Crippen LogP contribution in [0.4, 0.5) is 10.1 Å². The molecule has 0 aliphatic rings. The molecule has 0 heterocycles. The molecule has 2 aromatic rings. The van der Waals surface area contributed by atoms with Crippen LogP contribution in [0.15, 0.2) is 36.4 Å². The van der Waals surface area contributed by atoms with E-state index in [2.05, 4.69) is 5.32 Å². The van der Waals surface area contributed by atoms with E-state index < -0.39 is 24.3 Å². The maximum Gasteiger partial charge on any atom is 0.342 e. The van der Waals surface area contributed by atoms with E-state index in [1.54, 1.807) is 26.0 Å². The van der Waals surface area contributed by atoms with E-state index in [0.717, 1.165) is 11.1 Å². The SMILES string of the molecule is Cc1ccc(C(=O)OCC(=O)Nc2ccc(C)cc2F)c(O)c1. The quantitative estimate of drug-likeness (QED) is 0.850. The molecular weight excluding hydrogens is 301 g/mol. The lowest BCUT2D eigenvalue weighted by molar-refractivity contribution is -0.119. The van der Waals surface area contributed by atoms with Crippen molar-refractivity contribution in [1.29, 1.82) is 0 Å². The van der Waals surface area contributed by atoms with Gasteiger partial charge in [-0.3, -0.25) is 4.79 Å². The highest BCUT2D eigenvalue weighted by atomic mass is 19.1. The number of anilines is 1. The number of phenols is 1. The van der Waals surface area contributed by atoms with Crippen molar-refractivity contribution in [2.75, 3.05) is 11.9 Å². The van der Waals surface area contributed by atoms with Crippen LogP contribution in [0.1, 0.15) is 21.5 Å². The number of aryl methyl sites for hydroxylation is 2. The average molecular weight is 317 g/mol. The minimum Gasteiger partial charge on any atom is -0.507 e. The van der Waals surface area contributed by atoms with Crippen LogP contribution in [0.5, 0.6) is 5.75 Å². The lowest BCUT2D eigenvalue weighted by Gasteiger charge is -2.09. The maximum absolute atomic E-state index is 13.6. The summed E-state index contributed by atoms with van der Waals surface area (Å²) in [4.78, 5) is 23.5. The van der Waals surface area contributed by atoms with Gasteiger partial charge in [0, 0.05) is 0 Å². The van der Waals surface area contributed by atoms with Crippen molar-refractivity contribution in [3.63, 3.8) is 0 Å². The number of carbonyl (C=O) groups excluding carboxylic acids is 2. The second kappa shape index (κ2) is 6.91. The molecule has 0 bridgehead atoms. The molecule has 0 saturated carbocycles. The van der Waals surface area contributed by atoms with Crippen LogP contribution in [0.2, 0.25) is 0 Å². The van der Waals surface area contributed by atoms with E-state index in [4.69, 9.17) is 4.74 Å². The molecule has 0 fully saturated rings. The van der Waals surface area contributed by atoms with Gasteiger partial charge in [0.05, 0.1) is 5.69 Å². The van der Waals surface area contributed by atoms with E-state index in [9.17, 15) is 19.1 Å². The molecule has 0 radical (unpaired) electrons. The molecule has 0 aliphatic heterocycles. The van der Waals surface area contributed by atoms with Gasteiger partial charge in [-0.1, -0.05) is 12.1 Å². The van der Waals surface area contributed by atoms with E-state index in [0.29, 0.717) is 0 Å². The summed E-state index contributed by atoms with van der Waals surface area (Å²) in [6.07, 6.45) is 0. The number of nitrogens with one attached hydrogen (secondary N) is 1. The molecule has 0 aliphatic carbocycles. The minimum absolute atomic E-state index is 0.00910.